The van der Waals surface area contributed by atoms with Gasteiger partial charge < -0.3 is 10.6 Å². The fourth-order valence-corrected chi connectivity index (χ4v) is 3.62. The normalized spacial score (nSPS) is 14.4. The van der Waals surface area contributed by atoms with Gasteiger partial charge in [-0.2, -0.15) is 0 Å². The second-order valence-corrected chi connectivity index (χ2v) is 7.46. The molecule has 1 aliphatic rings. The minimum Gasteiger partial charge on any atom is -0.335 e. The molecule has 0 radical (unpaired) electrons. The number of nitrogens with two attached hydrogens (primary N) is 1. The number of amides is 1. The zero-order chi connectivity index (χ0) is 22.1. The van der Waals surface area contributed by atoms with Crippen molar-refractivity contribution in [2.45, 2.75) is 32.0 Å². The number of aromatic nitrogens is 3. The van der Waals surface area contributed by atoms with Gasteiger partial charge in [0.1, 0.15) is 17.3 Å². The summed E-state index contributed by atoms with van der Waals surface area (Å²) in [5.41, 5.74) is 7.86. The van der Waals surface area contributed by atoms with E-state index in [1.807, 2.05) is 0 Å². The van der Waals surface area contributed by atoms with Crippen LogP contribution in [0.2, 0.25) is 0 Å². The van der Waals surface area contributed by atoms with Gasteiger partial charge in [0, 0.05) is 30.6 Å². The van der Waals surface area contributed by atoms with Crippen molar-refractivity contribution >= 4 is 5.91 Å². The van der Waals surface area contributed by atoms with Crippen molar-refractivity contribution in [2.75, 3.05) is 6.54 Å². The highest BCUT2D eigenvalue weighted by molar-refractivity contribution is 5.77. The lowest BCUT2D eigenvalue weighted by Gasteiger charge is -2.28. The van der Waals surface area contributed by atoms with Crippen LogP contribution in [0.1, 0.15) is 17.7 Å². The minimum atomic E-state index is -1.28. The number of carbonyl (C=O) groups is 1. The lowest BCUT2D eigenvalue weighted by atomic mass is 10.0. The van der Waals surface area contributed by atoms with Crippen molar-refractivity contribution in [3.05, 3.63) is 70.9 Å². The molecule has 10 heteroatoms. The van der Waals surface area contributed by atoms with E-state index in [1.54, 1.807) is 21.7 Å². The predicted octanol–water partition coefficient (Wildman–Crippen LogP) is 2.80. The highest BCUT2D eigenvalue weighted by Gasteiger charge is 2.27. The van der Waals surface area contributed by atoms with Gasteiger partial charge in [0.15, 0.2) is 11.6 Å². The first-order valence-corrected chi connectivity index (χ1v) is 9.67. The first-order chi connectivity index (χ1) is 14.8. The van der Waals surface area contributed by atoms with E-state index < -0.39 is 23.5 Å². The zero-order valence-corrected chi connectivity index (χ0v) is 16.4. The summed E-state index contributed by atoms with van der Waals surface area (Å²) in [5, 5.41) is 8.25. The molecule has 0 fully saturated rings. The fraction of sp³-hybridized carbons (Fsp3) is 0.286. The van der Waals surface area contributed by atoms with E-state index in [2.05, 4.69) is 10.3 Å². The van der Waals surface area contributed by atoms with Crippen LogP contribution in [0.25, 0.3) is 11.3 Å². The Kier molecular flexibility index (Phi) is 5.73. The van der Waals surface area contributed by atoms with Gasteiger partial charge in [-0.05, 0) is 42.3 Å². The maximum Gasteiger partial charge on any atom is 0.224 e. The molecule has 0 saturated carbocycles. The molecule has 0 spiro atoms. The molecule has 162 valence electrons. The van der Waals surface area contributed by atoms with E-state index in [0.29, 0.717) is 36.1 Å². The molecule has 6 nitrogen and oxygen atoms in total. The third kappa shape index (κ3) is 4.43. The van der Waals surface area contributed by atoms with Crippen molar-refractivity contribution in [3.8, 4) is 11.3 Å². The lowest BCUT2D eigenvalue weighted by Crippen LogP contribution is -2.41. The molecule has 1 amide bonds. The first-order valence-electron chi connectivity index (χ1n) is 9.67. The molecule has 0 unspecified atom stereocenters. The van der Waals surface area contributed by atoms with Crippen LogP contribution in [0.3, 0.4) is 0 Å². The molecule has 4 rings (SSSR count). The Bertz CT molecular complexity index is 1120. The Morgan fingerprint density at radius 2 is 1.74 bits per heavy atom. The van der Waals surface area contributed by atoms with Gasteiger partial charge in [-0.3, -0.25) is 4.79 Å². The van der Waals surface area contributed by atoms with Crippen LogP contribution in [0, 0.1) is 23.3 Å². The van der Waals surface area contributed by atoms with Gasteiger partial charge in [0.25, 0.3) is 0 Å². The van der Waals surface area contributed by atoms with E-state index in [0.717, 1.165) is 6.07 Å². The Balaban J connectivity index is 1.44. The third-order valence-electron chi connectivity index (χ3n) is 5.24. The first kappa shape index (κ1) is 21.0. The lowest BCUT2D eigenvalue weighted by molar-refractivity contribution is -0.133. The molecule has 1 aromatic heterocycles. The van der Waals surface area contributed by atoms with Crippen LogP contribution >= 0.6 is 0 Å². The SMILES string of the molecule is N[C@@H](CC(=O)N1CCn2nnc(-c3ccc(F)cc3)c2C1)Cc1cc(F)c(F)cc1F. The topological polar surface area (TPSA) is 77.0 Å². The molecule has 2 heterocycles. The van der Waals surface area contributed by atoms with E-state index in [1.165, 1.54) is 12.1 Å². The number of benzene rings is 2. The number of hydrogen-bond acceptors (Lipinski definition) is 4. The molecule has 31 heavy (non-hydrogen) atoms. The standard InChI is InChI=1S/C21H19F4N5O/c22-14-3-1-12(2-4-14)21-19-11-29(5-6-30(19)28-27-21)20(31)9-15(26)7-13-8-17(24)18(25)10-16(13)23/h1-4,8,10,15H,5-7,9,11,26H2/t15-/m1/s1. The van der Waals surface area contributed by atoms with Gasteiger partial charge >= 0.3 is 0 Å². The van der Waals surface area contributed by atoms with E-state index in [4.69, 9.17) is 5.73 Å². The summed E-state index contributed by atoms with van der Waals surface area (Å²) in [5.74, 6) is -3.97. The Morgan fingerprint density at radius 1 is 1.03 bits per heavy atom. The van der Waals surface area contributed by atoms with Gasteiger partial charge in [0.2, 0.25) is 5.91 Å². The number of fused-ring (bicyclic) bond motifs is 1. The molecule has 2 N–H and O–H groups in total. The van der Waals surface area contributed by atoms with Crippen LogP contribution in [-0.4, -0.2) is 38.4 Å². The van der Waals surface area contributed by atoms with Crippen LogP contribution in [0.5, 0.6) is 0 Å². The molecular weight excluding hydrogens is 414 g/mol. The maximum atomic E-state index is 13.8. The maximum absolute atomic E-state index is 13.8. The zero-order valence-electron chi connectivity index (χ0n) is 16.4. The highest BCUT2D eigenvalue weighted by atomic mass is 19.2. The van der Waals surface area contributed by atoms with Crippen molar-refractivity contribution in [1.82, 2.24) is 19.9 Å². The van der Waals surface area contributed by atoms with Crippen molar-refractivity contribution < 1.29 is 22.4 Å². The van der Waals surface area contributed by atoms with Gasteiger partial charge in [-0.15, -0.1) is 5.10 Å². The molecule has 2 aromatic carbocycles. The summed E-state index contributed by atoms with van der Waals surface area (Å²) in [4.78, 5) is 14.3. The van der Waals surface area contributed by atoms with E-state index in [-0.39, 0.29) is 36.7 Å². The van der Waals surface area contributed by atoms with E-state index in [9.17, 15) is 22.4 Å². The summed E-state index contributed by atoms with van der Waals surface area (Å²) >= 11 is 0. The molecule has 3 aromatic rings. The quantitative estimate of drug-likeness (QED) is 0.496. The average Bonchev–Trinajstić information content (AvgIpc) is 3.15. The fourth-order valence-electron chi connectivity index (χ4n) is 3.62. The molecule has 0 bridgehead atoms. The Morgan fingerprint density at radius 3 is 2.48 bits per heavy atom. The molecular formula is C21H19F4N5O. The van der Waals surface area contributed by atoms with Crippen LogP contribution in [-0.2, 0) is 24.3 Å². The van der Waals surface area contributed by atoms with Gasteiger partial charge in [0.05, 0.1) is 18.8 Å². The molecule has 0 saturated heterocycles. The summed E-state index contributed by atoms with van der Waals surface area (Å²) in [6.45, 7) is 1.07. The Hall–Kier alpha value is -3.27. The van der Waals surface area contributed by atoms with E-state index >= 15 is 0 Å². The van der Waals surface area contributed by atoms with Crippen LogP contribution in [0.4, 0.5) is 17.6 Å². The minimum absolute atomic E-state index is 0.0845. The number of hydrogen-bond donors (Lipinski definition) is 1. The summed E-state index contributed by atoms with van der Waals surface area (Å²) < 4.78 is 55.2. The summed E-state index contributed by atoms with van der Waals surface area (Å²) in [6, 6.07) is 6.28. The summed E-state index contributed by atoms with van der Waals surface area (Å²) in [7, 11) is 0. The second-order valence-electron chi connectivity index (χ2n) is 7.46. The van der Waals surface area contributed by atoms with Crippen molar-refractivity contribution in [3.63, 3.8) is 0 Å². The van der Waals surface area contributed by atoms with Gasteiger partial charge in [-0.25, -0.2) is 22.2 Å². The molecule has 1 atom stereocenters. The number of halogens is 4. The predicted molar refractivity (Wildman–Crippen MR) is 103 cm³/mol. The van der Waals surface area contributed by atoms with Gasteiger partial charge in [-0.1, -0.05) is 5.21 Å². The second kappa shape index (κ2) is 8.46. The third-order valence-corrected chi connectivity index (χ3v) is 5.24. The van der Waals surface area contributed by atoms with Crippen LogP contribution in [0.15, 0.2) is 36.4 Å². The van der Waals surface area contributed by atoms with Crippen LogP contribution < -0.4 is 5.73 Å². The van der Waals surface area contributed by atoms with Crippen molar-refractivity contribution in [1.29, 1.82) is 0 Å². The Labute approximate surface area is 175 Å². The number of rotatable bonds is 5. The van der Waals surface area contributed by atoms with Crippen molar-refractivity contribution in [2.24, 2.45) is 5.73 Å². The number of nitrogens with zero attached hydrogens (tertiary/aromatic N) is 4. The summed E-state index contributed by atoms with van der Waals surface area (Å²) in [6.07, 6.45) is -0.200. The monoisotopic (exact) mass is 433 g/mol. The largest absolute Gasteiger partial charge is 0.335 e. The highest BCUT2D eigenvalue weighted by Crippen LogP contribution is 2.25. The smallest absolute Gasteiger partial charge is 0.224 e. The average molecular weight is 433 g/mol. The molecule has 0 aliphatic carbocycles. The molecule has 1 aliphatic heterocycles. The number of carbonyl (C=O) groups excluding carboxylic acids is 1.